The zero-order valence-electron chi connectivity index (χ0n) is 4.37. The highest BCUT2D eigenvalue weighted by Gasteiger charge is 1.95. The lowest BCUT2D eigenvalue weighted by Gasteiger charge is -1.80. The second-order valence-electron chi connectivity index (χ2n) is 1.38. The molecular formula is C4H4BrN3O. The van der Waals surface area contributed by atoms with Crippen molar-refractivity contribution in [3.8, 4) is 0 Å². The van der Waals surface area contributed by atoms with Crippen LogP contribution in [-0.2, 0) is 0 Å². The number of aromatic nitrogens is 2. The Hall–Kier alpha value is -0.840. The number of hydrogen-bond acceptors (Lipinski definition) is 3. The Bertz CT molecular complexity index is 219. The third kappa shape index (κ3) is 1.29. The highest BCUT2D eigenvalue weighted by Crippen LogP contribution is 2.09. The molecule has 1 rings (SSSR count). The summed E-state index contributed by atoms with van der Waals surface area (Å²) in [6, 6.07) is 0. The lowest BCUT2D eigenvalue weighted by atomic mass is 10.5. The van der Waals surface area contributed by atoms with Gasteiger partial charge in [-0.2, -0.15) is 5.10 Å². The van der Waals surface area contributed by atoms with E-state index in [1.54, 1.807) is 6.20 Å². The van der Waals surface area contributed by atoms with Crippen molar-refractivity contribution in [1.82, 2.24) is 10.2 Å². The number of hydrogen-bond donors (Lipinski definition) is 2. The number of halogens is 1. The molecule has 48 valence electrons. The van der Waals surface area contributed by atoms with E-state index in [2.05, 4.69) is 31.3 Å². The maximum Gasteiger partial charge on any atom is 0.0936 e. The molecule has 4 nitrogen and oxygen atoms in total. The van der Waals surface area contributed by atoms with E-state index < -0.39 is 0 Å². The summed E-state index contributed by atoms with van der Waals surface area (Å²) in [5.74, 6) is 0. The van der Waals surface area contributed by atoms with Gasteiger partial charge in [0.25, 0.3) is 0 Å². The summed E-state index contributed by atoms with van der Waals surface area (Å²) in [6.45, 7) is 0. The Morgan fingerprint density at radius 3 is 3.11 bits per heavy atom. The molecule has 9 heavy (non-hydrogen) atoms. The normalized spacial score (nSPS) is 10.8. The average molecular weight is 190 g/mol. The summed E-state index contributed by atoms with van der Waals surface area (Å²) in [5, 5.41) is 17.1. The maximum atomic E-state index is 8.06. The van der Waals surface area contributed by atoms with Crippen molar-refractivity contribution in [3.05, 3.63) is 16.4 Å². The molecule has 0 aromatic carbocycles. The Balaban J connectivity index is 2.94. The minimum Gasteiger partial charge on any atom is -0.411 e. The van der Waals surface area contributed by atoms with Crippen molar-refractivity contribution in [3.63, 3.8) is 0 Å². The van der Waals surface area contributed by atoms with Crippen molar-refractivity contribution in [2.75, 3.05) is 0 Å². The molecule has 1 heterocycles. The van der Waals surface area contributed by atoms with Crippen LogP contribution in [0.5, 0.6) is 0 Å². The van der Waals surface area contributed by atoms with E-state index in [1.165, 1.54) is 6.21 Å². The molecule has 0 radical (unpaired) electrons. The van der Waals surface area contributed by atoms with Crippen LogP contribution in [0, 0.1) is 0 Å². The van der Waals surface area contributed by atoms with Crippen molar-refractivity contribution < 1.29 is 5.21 Å². The Labute approximate surface area is 59.7 Å². The first kappa shape index (κ1) is 6.28. The largest absolute Gasteiger partial charge is 0.411 e. The van der Waals surface area contributed by atoms with Crippen LogP contribution in [0.1, 0.15) is 5.69 Å². The van der Waals surface area contributed by atoms with Gasteiger partial charge in [-0.15, -0.1) is 0 Å². The molecule has 2 N–H and O–H groups in total. The Kier molecular flexibility index (Phi) is 1.84. The SMILES string of the molecule is ON=Cc1[nH]ncc1Br. The summed E-state index contributed by atoms with van der Waals surface area (Å²) < 4.78 is 0.778. The fraction of sp³-hybridized carbons (Fsp3) is 0. The second kappa shape index (κ2) is 2.63. The molecule has 0 spiro atoms. The van der Waals surface area contributed by atoms with Crippen molar-refractivity contribution in [2.45, 2.75) is 0 Å². The molecule has 1 aromatic rings. The zero-order chi connectivity index (χ0) is 6.69. The lowest BCUT2D eigenvalue weighted by molar-refractivity contribution is 0.321. The zero-order valence-corrected chi connectivity index (χ0v) is 5.96. The number of H-pyrrole nitrogens is 1. The van der Waals surface area contributed by atoms with Crippen LogP contribution in [0.2, 0.25) is 0 Å². The predicted molar refractivity (Wildman–Crippen MR) is 35.7 cm³/mol. The summed E-state index contributed by atoms with van der Waals surface area (Å²) in [7, 11) is 0. The minimum atomic E-state index is 0.650. The molecule has 0 atom stereocenters. The van der Waals surface area contributed by atoms with Gasteiger partial charge < -0.3 is 5.21 Å². The van der Waals surface area contributed by atoms with Crippen LogP contribution in [0.15, 0.2) is 15.8 Å². The number of oxime groups is 1. The van der Waals surface area contributed by atoms with Gasteiger partial charge in [-0.25, -0.2) is 0 Å². The van der Waals surface area contributed by atoms with Gasteiger partial charge in [-0.3, -0.25) is 5.10 Å². The summed E-state index contributed by atoms with van der Waals surface area (Å²) in [5.41, 5.74) is 0.650. The Morgan fingerprint density at radius 1 is 1.89 bits per heavy atom. The molecule has 0 saturated heterocycles. The molecule has 0 bridgehead atoms. The van der Waals surface area contributed by atoms with E-state index in [1.807, 2.05) is 0 Å². The van der Waals surface area contributed by atoms with Crippen LogP contribution in [0.3, 0.4) is 0 Å². The van der Waals surface area contributed by atoms with Crippen LogP contribution in [0.25, 0.3) is 0 Å². The van der Waals surface area contributed by atoms with E-state index in [9.17, 15) is 0 Å². The smallest absolute Gasteiger partial charge is 0.0936 e. The van der Waals surface area contributed by atoms with Crippen LogP contribution >= 0.6 is 15.9 Å². The minimum absolute atomic E-state index is 0.650. The second-order valence-corrected chi connectivity index (χ2v) is 2.23. The first-order chi connectivity index (χ1) is 4.34. The van der Waals surface area contributed by atoms with Crippen molar-refractivity contribution >= 4 is 22.1 Å². The average Bonchev–Trinajstić information content (AvgIpc) is 2.18. The van der Waals surface area contributed by atoms with Crippen LogP contribution < -0.4 is 0 Å². The topological polar surface area (TPSA) is 61.3 Å². The lowest BCUT2D eigenvalue weighted by Crippen LogP contribution is -1.80. The molecule has 0 saturated carbocycles. The molecule has 0 unspecified atom stereocenters. The molecule has 0 aliphatic carbocycles. The maximum absolute atomic E-state index is 8.06. The molecule has 1 aromatic heterocycles. The standard InChI is InChI=1S/C4H4BrN3O/c5-3-1-6-8-4(3)2-7-9/h1-2,9H,(H,6,8). The van der Waals surface area contributed by atoms with E-state index in [0.29, 0.717) is 5.69 Å². The number of nitrogens with zero attached hydrogens (tertiary/aromatic N) is 2. The quantitative estimate of drug-likeness (QED) is 0.394. The number of nitrogens with one attached hydrogen (secondary N) is 1. The third-order valence-corrected chi connectivity index (χ3v) is 1.44. The third-order valence-electron chi connectivity index (χ3n) is 0.807. The number of rotatable bonds is 1. The van der Waals surface area contributed by atoms with Crippen LogP contribution in [0.4, 0.5) is 0 Å². The molecule has 0 aliphatic rings. The summed E-state index contributed by atoms with van der Waals surface area (Å²) in [6.07, 6.45) is 2.84. The first-order valence-electron chi connectivity index (χ1n) is 2.21. The fourth-order valence-electron chi connectivity index (χ4n) is 0.430. The van der Waals surface area contributed by atoms with Gasteiger partial charge >= 0.3 is 0 Å². The summed E-state index contributed by atoms with van der Waals surface area (Å²) in [4.78, 5) is 0. The van der Waals surface area contributed by atoms with Crippen molar-refractivity contribution in [1.29, 1.82) is 0 Å². The highest BCUT2D eigenvalue weighted by atomic mass is 79.9. The van der Waals surface area contributed by atoms with Crippen LogP contribution in [-0.4, -0.2) is 21.6 Å². The fourth-order valence-corrected chi connectivity index (χ4v) is 0.723. The van der Waals surface area contributed by atoms with E-state index in [0.717, 1.165) is 4.47 Å². The first-order valence-corrected chi connectivity index (χ1v) is 3.00. The number of aromatic amines is 1. The summed E-state index contributed by atoms with van der Waals surface area (Å²) >= 11 is 3.17. The van der Waals surface area contributed by atoms with Gasteiger partial charge in [0.15, 0.2) is 0 Å². The van der Waals surface area contributed by atoms with Gasteiger partial charge in [-0.1, -0.05) is 5.16 Å². The molecular weight excluding hydrogens is 186 g/mol. The molecule has 0 amide bonds. The Morgan fingerprint density at radius 2 is 2.67 bits per heavy atom. The predicted octanol–water partition coefficient (Wildman–Crippen LogP) is 0.980. The van der Waals surface area contributed by atoms with Gasteiger partial charge in [0, 0.05) is 0 Å². The monoisotopic (exact) mass is 189 g/mol. The van der Waals surface area contributed by atoms with E-state index >= 15 is 0 Å². The van der Waals surface area contributed by atoms with Crippen molar-refractivity contribution in [2.24, 2.45) is 5.16 Å². The van der Waals surface area contributed by atoms with E-state index in [-0.39, 0.29) is 0 Å². The van der Waals surface area contributed by atoms with Gasteiger partial charge in [-0.05, 0) is 15.9 Å². The highest BCUT2D eigenvalue weighted by molar-refractivity contribution is 9.10. The molecule has 0 aliphatic heterocycles. The van der Waals surface area contributed by atoms with E-state index in [4.69, 9.17) is 5.21 Å². The van der Waals surface area contributed by atoms with Gasteiger partial charge in [0.05, 0.1) is 22.6 Å². The molecule has 5 heteroatoms. The van der Waals surface area contributed by atoms with Gasteiger partial charge in [0.2, 0.25) is 0 Å². The van der Waals surface area contributed by atoms with Gasteiger partial charge in [0.1, 0.15) is 0 Å². The molecule has 0 fully saturated rings.